The van der Waals surface area contributed by atoms with Gasteiger partial charge in [0.25, 0.3) is 5.69 Å². The van der Waals surface area contributed by atoms with Gasteiger partial charge in [-0.1, -0.05) is 11.8 Å². The number of carbonyl (C=O) groups excluding carboxylic acids is 1. The Morgan fingerprint density at radius 2 is 2.03 bits per heavy atom. The highest BCUT2D eigenvalue weighted by atomic mass is 32.2. The quantitative estimate of drug-likeness (QED) is 0.325. The Morgan fingerprint density at radius 1 is 1.23 bits per heavy atom. The van der Waals surface area contributed by atoms with Crippen molar-refractivity contribution in [3.05, 3.63) is 52.1 Å². The predicted octanol–water partition coefficient (Wildman–Crippen LogP) is 2.63. The molecule has 0 spiro atoms. The van der Waals surface area contributed by atoms with Crippen LogP contribution < -0.4 is 14.8 Å². The zero-order valence-corrected chi connectivity index (χ0v) is 17.2. The maximum atomic E-state index is 12.4. The Hall–Kier alpha value is -3.67. The Balaban J connectivity index is 1.72. The van der Waals surface area contributed by atoms with Crippen molar-refractivity contribution in [2.75, 3.05) is 25.3 Å². The van der Waals surface area contributed by atoms with E-state index in [0.717, 1.165) is 11.8 Å². The fourth-order valence-electron chi connectivity index (χ4n) is 2.60. The fourth-order valence-corrected chi connectivity index (χ4v) is 3.28. The number of nitrogens with zero attached hydrogens (tertiary/aromatic N) is 5. The van der Waals surface area contributed by atoms with Gasteiger partial charge in [-0.15, -0.1) is 5.10 Å². The molecule has 1 amide bonds. The van der Waals surface area contributed by atoms with Gasteiger partial charge in [-0.3, -0.25) is 14.9 Å². The van der Waals surface area contributed by atoms with E-state index in [1.807, 2.05) is 0 Å². The van der Waals surface area contributed by atoms with Crippen LogP contribution in [-0.2, 0) is 4.79 Å². The van der Waals surface area contributed by atoms with Gasteiger partial charge in [0.05, 0.1) is 24.9 Å². The number of nitrogens with one attached hydrogen (secondary N) is 1. The number of non-ortho nitro benzene ring substituents is 1. The summed E-state index contributed by atoms with van der Waals surface area (Å²) in [5.41, 5.74) is 1.62. The first-order valence-corrected chi connectivity index (χ1v) is 9.60. The first kappa shape index (κ1) is 21.0. The smallest absolute Gasteiger partial charge is 0.269 e. The van der Waals surface area contributed by atoms with Gasteiger partial charge in [0.1, 0.15) is 17.2 Å². The molecule has 2 aromatic carbocycles. The second kappa shape index (κ2) is 9.22. The van der Waals surface area contributed by atoms with Crippen LogP contribution in [-0.4, -0.2) is 51.0 Å². The zero-order chi connectivity index (χ0) is 21.7. The number of benzene rings is 2. The predicted molar refractivity (Wildman–Crippen MR) is 109 cm³/mol. The van der Waals surface area contributed by atoms with Crippen LogP contribution in [0.4, 0.5) is 11.4 Å². The van der Waals surface area contributed by atoms with Crippen LogP contribution in [0.25, 0.3) is 5.69 Å². The zero-order valence-electron chi connectivity index (χ0n) is 16.4. The molecule has 1 aromatic heterocycles. The molecule has 11 nitrogen and oxygen atoms in total. The van der Waals surface area contributed by atoms with Crippen molar-refractivity contribution in [3.63, 3.8) is 0 Å². The van der Waals surface area contributed by atoms with Gasteiger partial charge < -0.3 is 14.8 Å². The Bertz CT molecular complexity index is 1090. The molecule has 156 valence electrons. The molecule has 0 atom stereocenters. The van der Waals surface area contributed by atoms with E-state index in [-0.39, 0.29) is 17.3 Å². The van der Waals surface area contributed by atoms with E-state index in [2.05, 4.69) is 20.8 Å². The number of rotatable bonds is 8. The van der Waals surface area contributed by atoms with E-state index in [1.165, 1.54) is 30.0 Å². The summed E-state index contributed by atoms with van der Waals surface area (Å²) in [4.78, 5) is 22.7. The molecule has 12 heteroatoms. The first-order chi connectivity index (χ1) is 14.4. The Labute approximate surface area is 175 Å². The van der Waals surface area contributed by atoms with Gasteiger partial charge in [-0.2, -0.15) is 4.68 Å². The summed E-state index contributed by atoms with van der Waals surface area (Å²) in [6, 6.07) is 9.44. The molecule has 1 heterocycles. The maximum Gasteiger partial charge on any atom is 0.269 e. The van der Waals surface area contributed by atoms with Gasteiger partial charge in [-0.05, 0) is 41.1 Å². The van der Waals surface area contributed by atoms with E-state index in [0.29, 0.717) is 33.6 Å². The van der Waals surface area contributed by atoms with Gasteiger partial charge >= 0.3 is 0 Å². The second-order valence-electron chi connectivity index (χ2n) is 6.00. The van der Waals surface area contributed by atoms with Crippen LogP contribution in [0.2, 0.25) is 0 Å². The van der Waals surface area contributed by atoms with E-state index >= 15 is 0 Å². The monoisotopic (exact) mass is 430 g/mol. The number of methoxy groups -OCH3 is 2. The molecule has 0 aliphatic carbocycles. The van der Waals surface area contributed by atoms with E-state index in [1.54, 1.807) is 32.2 Å². The Morgan fingerprint density at radius 3 is 2.70 bits per heavy atom. The van der Waals surface area contributed by atoms with E-state index < -0.39 is 4.92 Å². The van der Waals surface area contributed by atoms with Crippen LogP contribution in [0.3, 0.4) is 0 Å². The average Bonchev–Trinajstić information content (AvgIpc) is 3.21. The van der Waals surface area contributed by atoms with Gasteiger partial charge in [0.2, 0.25) is 11.1 Å². The van der Waals surface area contributed by atoms with Crippen molar-refractivity contribution in [1.82, 2.24) is 20.2 Å². The van der Waals surface area contributed by atoms with Crippen molar-refractivity contribution in [2.24, 2.45) is 0 Å². The molecule has 0 saturated carbocycles. The molecular weight excluding hydrogens is 412 g/mol. The number of hydrogen-bond acceptors (Lipinski definition) is 9. The third kappa shape index (κ3) is 4.66. The molecule has 0 aliphatic rings. The second-order valence-corrected chi connectivity index (χ2v) is 6.95. The number of nitro benzene ring substituents is 1. The number of tetrazole rings is 1. The minimum atomic E-state index is -0.485. The fraction of sp³-hybridized carbons (Fsp3) is 0.222. The highest BCUT2D eigenvalue weighted by molar-refractivity contribution is 7.99. The first-order valence-electron chi connectivity index (χ1n) is 8.61. The summed E-state index contributed by atoms with van der Waals surface area (Å²) in [7, 11) is 3.08. The highest BCUT2D eigenvalue weighted by Gasteiger charge is 2.17. The lowest BCUT2D eigenvalue weighted by Gasteiger charge is -2.11. The number of thioether (sulfide) groups is 1. The summed E-state index contributed by atoms with van der Waals surface area (Å²) < 4.78 is 12.1. The van der Waals surface area contributed by atoms with Crippen LogP contribution in [0.15, 0.2) is 41.6 Å². The molecule has 0 fully saturated rings. The van der Waals surface area contributed by atoms with Crippen molar-refractivity contribution in [3.8, 4) is 17.2 Å². The summed E-state index contributed by atoms with van der Waals surface area (Å²) in [6.07, 6.45) is 0. The van der Waals surface area contributed by atoms with Crippen LogP contribution in [0.5, 0.6) is 11.5 Å². The van der Waals surface area contributed by atoms with Crippen LogP contribution in [0.1, 0.15) is 5.56 Å². The normalized spacial score (nSPS) is 10.5. The largest absolute Gasteiger partial charge is 0.497 e. The number of carbonyl (C=O) groups is 1. The van der Waals surface area contributed by atoms with Crippen molar-refractivity contribution in [1.29, 1.82) is 0 Å². The van der Waals surface area contributed by atoms with Gasteiger partial charge in [-0.25, -0.2) is 0 Å². The molecule has 1 N–H and O–H groups in total. The minimum Gasteiger partial charge on any atom is -0.497 e. The van der Waals surface area contributed by atoms with E-state index in [4.69, 9.17) is 9.47 Å². The van der Waals surface area contributed by atoms with Crippen molar-refractivity contribution in [2.45, 2.75) is 12.1 Å². The minimum absolute atomic E-state index is 0.0308. The van der Waals surface area contributed by atoms with Crippen LogP contribution in [0, 0.1) is 17.0 Å². The lowest BCUT2D eigenvalue weighted by molar-refractivity contribution is -0.384. The van der Waals surface area contributed by atoms with Gasteiger partial charge in [0, 0.05) is 23.9 Å². The number of hydrogen-bond donors (Lipinski definition) is 1. The molecule has 0 aliphatic heterocycles. The SMILES string of the molecule is COc1ccc(OC)c(-n2nnnc2SCC(=O)Nc2ccc([N+](=O)[O-])cc2C)c1. The molecule has 3 rings (SSSR count). The molecule has 3 aromatic rings. The molecule has 0 bridgehead atoms. The molecule has 0 radical (unpaired) electrons. The third-order valence-electron chi connectivity index (χ3n) is 4.08. The number of anilines is 1. The summed E-state index contributed by atoms with van der Waals surface area (Å²) in [5.74, 6) is 0.868. The topological polar surface area (TPSA) is 134 Å². The van der Waals surface area contributed by atoms with Crippen molar-refractivity contribution < 1.29 is 19.2 Å². The lowest BCUT2D eigenvalue weighted by Crippen LogP contribution is -2.15. The third-order valence-corrected chi connectivity index (χ3v) is 5.00. The highest BCUT2D eigenvalue weighted by Crippen LogP contribution is 2.30. The molecule has 30 heavy (non-hydrogen) atoms. The average molecular weight is 430 g/mol. The molecule has 0 saturated heterocycles. The number of nitro groups is 1. The maximum absolute atomic E-state index is 12.4. The van der Waals surface area contributed by atoms with Crippen molar-refractivity contribution >= 4 is 29.0 Å². The van der Waals surface area contributed by atoms with Gasteiger partial charge in [0.15, 0.2) is 0 Å². The summed E-state index contributed by atoms with van der Waals surface area (Å²) in [5, 5.41) is 25.6. The molecular formula is C18H18N6O5S. The molecule has 0 unspecified atom stereocenters. The number of amides is 1. The summed E-state index contributed by atoms with van der Waals surface area (Å²) in [6.45, 7) is 1.69. The van der Waals surface area contributed by atoms with E-state index in [9.17, 15) is 14.9 Å². The Kier molecular flexibility index (Phi) is 6.47. The standard InChI is InChI=1S/C18H18N6O5S/c1-11-8-12(24(26)27)4-6-14(11)19-17(25)10-30-18-20-21-22-23(18)15-9-13(28-2)5-7-16(15)29-3/h4-9H,10H2,1-3H3,(H,19,25). The number of ether oxygens (including phenoxy) is 2. The summed E-state index contributed by atoms with van der Waals surface area (Å²) >= 11 is 1.13. The number of aryl methyl sites for hydroxylation is 1. The van der Waals surface area contributed by atoms with Crippen LogP contribution >= 0.6 is 11.8 Å². The number of aromatic nitrogens is 4. The lowest BCUT2D eigenvalue weighted by atomic mass is 10.2.